The second kappa shape index (κ2) is 32.3. The standard InChI is InChI=1S/C51H71NS.C22H30.C3H8.C2H6/c1-13-15-17-19-30-51(31-20-18-16-14-2)43-33-38(23-25-41(43)42-26-24-39(34-44(42)51)50(10,11)12)45-29-32-53(45)46-28-27-40(47(35(3)4)48(46)52)36(5)21-22-37(6)49(7,8)9;1-5-6-19-11-13-22(14-12-19)18(4)16-21-9-7-20(8-10-21)15-17(2)3;1-3-2;1-2/h21-29,32-35H,13-20,30-31,52H2,1-12H3;7-13,17,22H,4-6,14-16H2,1-3H3;3H2,1-2H3;1-2H3/b36-21+,37-22+;;;. The fourth-order valence-electron chi connectivity index (χ4n) is 11.6. The Kier molecular flexibility index (Phi) is 27.4. The minimum absolute atomic E-state index is 0.0607. The van der Waals surface area contributed by atoms with Crippen molar-refractivity contribution in [1.29, 1.82) is 0 Å². The number of hydrogen-bond acceptors (Lipinski definition) is 1. The van der Waals surface area contributed by atoms with Crippen LogP contribution in [0.4, 0.5) is 5.69 Å². The van der Waals surface area contributed by atoms with Gasteiger partial charge in [0.15, 0.2) is 0 Å². The number of unbranched alkanes of at least 4 members (excludes halogenated alkanes) is 6. The van der Waals surface area contributed by atoms with Gasteiger partial charge in [0.05, 0.1) is 0 Å². The highest BCUT2D eigenvalue weighted by molar-refractivity contribution is 8.25. The number of rotatable bonds is 22. The highest BCUT2D eigenvalue weighted by Crippen LogP contribution is 2.57. The van der Waals surface area contributed by atoms with Crippen molar-refractivity contribution >= 4 is 32.0 Å². The Morgan fingerprint density at radius 1 is 0.725 bits per heavy atom. The van der Waals surface area contributed by atoms with Crippen LogP contribution < -0.4 is 5.73 Å². The second-order valence-corrected chi connectivity index (χ2v) is 28.0. The van der Waals surface area contributed by atoms with E-state index in [0.29, 0.717) is 11.8 Å². The first-order valence-corrected chi connectivity index (χ1v) is 33.3. The van der Waals surface area contributed by atoms with Crippen molar-refractivity contribution in [3.05, 3.63) is 177 Å². The van der Waals surface area contributed by atoms with Crippen molar-refractivity contribution in [2.45, 2.75) is 256 Å². The maximum absolute atomic E-state index is 7.21. The summed E-state index contributed by atoms with van der Waals surface area (Å²) in [5.41, 5.74) is 28.3. The molecule has 1 aliphatic heterocycles. The Labute approximate surface area is 496 Å². The van der Waals surface area contributed by atoms with Gasteiger partial charge in [-0.15, -0.1) is 10.5 Å². The average molecular weight is 1100 g/mol. The first-order chi connectivity index (χ1) is 38.0. The van der Waals surface area contributed by atoms with Crippen LogP contribution in [0.25, 0.3) is 21.6 Å². The van der Waals surface area contributed by atoms with Crippen molar-refractivity contribution in [2.75, 3.05) is 5.73 Å². The third kappa shape index (κ3) is 18.2. The van der Waals surface area contributed by atoms with E-state index < -0.39 is 0 Å². The average Bonchev–Trinajstić information content (AvgIpc) is 3.80. The van der Waals surface area contributed by atoms with Gasteiger partial charge in [0.1, 0.15) is 0 Å². The molecule has 0 bridgehead atoms. The van der Waals surface area contributed by atoms with Gasteiger partial charge in [-0.25, -0.2) is 0 Å². The van der Waals surface area contributed by atoms with E-state index in [9.17, 15) is 0 Å². The molecule has 2 atom stereocenters. The Hall–Kier alpha value is -4.66. The van der Waals surface area contributed by atoms with E-state index in [1.165, 1.54) is 160 Å². The number of allylic oxidation sites excluding steroid dienone is 10. The zero-order valence-corrected chi connectivity index (χ0v) is 55.5. The van der Waals surface area contributed by atoms with Gasteiger partial charge in [-0.3, -0.25) is 0 Å². The lowest BCUT2D eigenvalue weighted by atomic mass is 9.69. The van der Waals surface area contributed by atoms with Gasteiger partial charge in [-0.2, -0.15) is 0 Å². The van der Waals surface area contributed by atoms with Crippen LogP contribution in [-0.2, 0) is 23.7 Å². The number of anilines is 1. The minimum Gasteiger partial charge on any atom is -0.398 e. The molecule has 2 N–H and O–H groups in total. The first kappa shape index (κ1) is 67.8. The van der Waals surface area contributed by atoms with Gasteiger partial charge in [-0.05, 0) is 160 Å². The maximum atomic E-state index is 7.21. The third-order valence-electron chi connectivity index (χ3n) is 16.6. The topological polar surface area (TPSA) is 26.0 Å². The zero-order chi connectivity index (χ0) is 59.4. The summed E-state index contributed by atoms with van der Waals surface area (Å²) < 4.78 is 0. The summed E-state index contributed by atoms with van der Waals surface area (Å²) in [5.74, 6) is 1.56. The molecule has 0 aromatic heterocycles. The van der Waals surface area contributed by atoms with Crippen molar-refractivity contribution in [2.24, 2.45) is 17.3 Å². The predicted molar refractivity (Wildman–Crippen MR) is 366 cm³/mol. The van der Waals surface area contributed by atoms with E-state index in [1.807, 2.05) is 13.8 Å². The van der Waals surface area contributed by atoms with Crippen LogP contribution in [0, 0.1) is 17.3 Å². The summed E-state index contributed by atoms with van der Waals surface area (Å²) >= 11 is 0. The van der Waals surface area contributed by atoms with Crippen molar-refractivity contribution in [1.82, 2.24) is 0 Å². The van der Waals surface area contributed by atoms with Gasteiger partial charge >= 0.3 is 0 Å². The van der Waals surface area contributed by atoms with Gasteiger partial charge in [0.25, 0.3) is 0 Å². The molecule has 1 heterocycles. The van der Waals surface area contributed by atoms with Crippen LogP contribution in [0.5, 0.6) is 0 Å². The molecule has 4 aromatic carbocycles. The number of hydrogen-bond donors (Lipinski definition) is 1. The van der Waals surface area contributed by atoms with Gasteiger partial charge in [0.2, 0.25) is 0 Å². The Morgan fingerprint density at radius 2 is 1.31 bits per heavy atom. The van der Waals surface area contributed by atoms with E-state index in [4.69, 9.17) is 5.73 Å². The second-order valence-electron chi connectivity index (χ2n) is 26.2. The molecule has 80 heavy (non-hydrogen) atoms. The molecule has 2 aliphatic carbocycles. The molecule has 3 aliphatic rings. The first-order valence-electron chi connectivity index (χ1n) is 32.0. The molecule has 2 heteroatoms. The van der Waals surface area contributed by atoms with Crippen molar-refractivity contribution < 1.29 is 0 Å². The molecule has 1 nitrogen and oxygen atoms in total. The summed E-state index contributed by atoms with van der Waals surface area (Å²) in [6, 6.07) is 28.7. The quantitative estimate of drug-likeness (QED) is 0.0274. The molecule has 0 saturated heterocycles. The van der Waals surface area contributed by atoms with E-state index in [2.05, 4.69) is 239 Å². The summed E-state index contributed by atoms with van der Waals surface area (Å²) in [4.78, 5) is 2.70. The minimum atomic E-state index is -0.155. The SMILES string of the molecule is C=C(Cc1ccc(CC(C)C)cc1)C1C=CC(CCC)=CC1.CC.CCC.CCCCCCC1(CCCCCC)c2cc(C3=CC=S3c3ccc(/C(C)=C/C=C(\C)C(C)(C)C)c(C(C)C)c3N)ccc2-c2ccc(C(C)(C)C)cc21. The van der Waals surface area contributed by atoms with Gasteiger partial charge < -0.3 is 5.73 Å². The molecule has 7 rings (SSSR count). The van der Waals surface area contributed by atoms with Crippen LogP contribution in [-0.4, -0.2) is 5.37 Å². The van der Waals surface area contributed by atoms with E-state index in [0.717, 1.165) is 30.9 Å². The van der Waals surface area contributed by atoms with Crippen LogP contribution in [0.15, 0.2) is 137 Å². The highest BCUT2D eigenvalue weighted by atomic mass is 32.2. The number of nitrogens with two attached hydrogens (primary N) is 1. The fourth-order valence-corrected chi connectivity index (χ4v) is 13.3. The zero-order valence-electron chi connectivity index (χ0n) is 54.7. The number of benzene rings is 4. The lowest BCUT2D eigenvalue weighted by Crippen LogP contribution is -2.26. The summed E-state index contributed by atoms with van der Waals surface area (Å²) in [6.45, 7) is 47.0. The molecule has 0 radical (unpaired) electrons. The molecule has 2 unspecified atom stereocenters. The molecule has 0 saturated carbocycles. The Bertz CT molecular complexity index is 2780. The Balaban J connectivity index is 0.000000423. The molecule has 438 valence electrons. The van der Waals surface area contributed by atoms with Crippen LogP contribution >= 0.6 is 10.5 Å². The monoisotopic (exact) mass is 1100 g/mol. The van der Waals surface area contributed by atoms with E-state index >= 15 is 0 Å². The number of nitrogen functional groups attached to an aromatic ring is 1. The third-order valence-corrected chi connectivity index (χ3v) is 18.7. The summed E-state index contributed by atoms with van der Waals surface area (Å²) in [7, 11) is -0.155. The van der Waals surface area contributed by atoms with E-state index in [1.54, 1.807) is 11.1 Å². The van der Waals surface area contributed by atoms with Crippen molar-refractivity contribution in [3.63, 3.8) is 0 Å². The highest BCUT2D eigenvalue weighted by Gasteiger charge is 2.43. The molecule has 0 fully saturated rings. The smallest absolute Gasteiger partial charge is 0.0492 e. The van der Waals surface area contributed by atoms with Crippen LogP contribution in [0.1, 0.15) is 272 Å². The predicted octanol–water partition coefficient (Wildman–Crippen LogP) is 24.5. The normalized spacial score (nSPS) is 16.4. The summed E-state index contributed by atoms with van der Waals surface area (Å²) in [5, 5.41) is 2.39. The number of fused-ring (bicyclic) bond motifs is 3. The van der Waals surface area contributed by atoms with Crippen LogP contribution in [0.2, 0.25) is 0 Å². The van der Waals surface area contributed by atoms with Gasteiger partial charge in [0, 0.05) is 26.8 Å². The molecular weight excluding hydrogens is 983 g/mol. The summed E-state index contributed by atoms with van der Waals surface area (Å²) in [6.07, 6.45) is 33.8. The largest absolute Gasteiger partial charge is 0.398 e. The lowest BCUT2D eigenvalue weighted by molar-refractivity contribution is 0.400. The van der Waals surface area contributed by atoms with Crippen LogP contribution in [0.3, 0.4) is 0 Å². The maximum Gasteiger partial charge on any atom is 0.0492 e. The molecule has 4 aromatic rings. The molecule has 0 amide bonds. The molecular formula is C78H115NS. The fraction of sp³-hybridized carbons (Fsp3) is 0.526. The van der Waals surface area contributed by atoms with E-state index in [-0.39, 0.29) is 26.7 Å². The Morgan fingerprint density at radius 3 is 1.81 bits per heavy atom. The van der Waals surface area contributed by atoms with Crippen molar-refractivity contribution in [3.8, 4) is 11.1 Å². The lowest BCUT2D eigenvalue weighted by Gasteiger charge is -2.34. The van der Waals surface area contributed by atoms with Gasteiger partial charge in [-0.1, -0.05) is 296 Å². The molecule has 0 spiro atoms.